The number of allylic oxidation sites excluding steroid dienone is 2. The Morgan fingerprint density at radius 1 is 1.47 bits per heavy atom. The minimum absolute atomic E-state index is 0.366. The third-order valence-corrected chi connectivity index (χ3v) is 5.05. The lowest BCUT2D eigenvalue weighted by Gasteiger charge is -2.07. The predicted octanol–water partition coefficient (Wildman–Crippen LogP) is 2.48. The van der Waals surface area contributed by atoms with Crippen LogP contribution in [0.3, 0.4) is 0 Å². The summed E-state index contributed by atoms with van der Waals surface area (Å²) >= 11 is 3.06. The highest BCUT2D eigenvalue weighted by Crippen LogP contribution is 2.27. The van der Waals surface area contributed by atoms with Gasteiger partial charge in [0.25, 0.3) is 0 Å². The molecule has 0 saturated carbocycles. The van der Waals surface area contributed by atoms with Crippen molar-refractivity contribution in [3.05, 3.63) is 39.1 Å². The van der Waals surface area contributed by atoms with Crippen LogP contribution in [0.4, 0.5) is 4.39 Å². The highest BCUT2D eigenvalue weighted by Gasteiger charge is 2.28. The smallest absolute Gasteiger partial charge is 0.221 e. The molecule has 1 aliphatic rings. The van der Waals surface area contributed by atoms with Gasteiger partial charge in [-0.05, 0) is 31.0 Å². The minimum Gasteiger partial charge on any atom is -0.387 e. The summed E-state index contributed by atoms with van der Waals surface area (Å²) in [5, 5.41) is 11.9. The van der Waals surface area contributed by atoms with E-state index in [1.807, 2.05) is 0 Å². The van der Waals surface area contributed by atoms with Crippen LogP contribution in [0.25, 0.3) is 0 Å². The Hall–Kier alpha value is -1.39. The van der Waals surface area contributed by atoms with Crippen molar-refractivity contribution < 1.29 is 12.8 Å². The van der Waals surface area contributed by atoms with Gasteiger partial charge >= 0.3 is 0 Å². The maximum absolute atomic E-state index is 13.8. The number of nitriles is 1. The Labute approximate surface area is 119 Å². The van der Waals surface area contributed by atoms with E-state index >= 15 is 0 Å². The highest BCUT2D eigenvalue weighted by molar-refractivity contribution is 9.10. The lowest BCUT2D eigenvalue weighted by atomic mass is 10.3. The van der Waals surface area contributed by atoms with Crippen LogP contribution in [0.15, 0.2) is 38.2 Å². The van der Waals surface area contributed by atoms with Gasteiger partial charge < -0.3 is 5.32 Å². The number of sulfone groups is 1. The predicted molar refractivity (Wildman–Crippen MR) is 71.2 cm³/mol. The molecule has 0 unspecified atom stereocenters. The second-order valence-corrected chi connectivity index (χ2v) is 6.80. The molecule has 1 aromatic rings. The zero-order valence-electron chi connectivity index (χ0n) is 9.78. The third kappa shape index (κ3) is 2.65. The van der Waals surface area contributed by atoms with E-state index in [4.69, 9.17) is 5.26 Å². The van der Waals surface area contributed by atoms with E-state index in [-0.39, 0.29) is 0 Å². The van der Waals surface area contributed by atoms with Gasteiger partial charge in [0.15, 0.2) is 4.91 Å². The van der Waals surface area contributed by atoms with Gasteiger partial charge in [0.05, 0.1) is 0 Å². The molecule has 0 atom stereocenters. The molecule has 0 spiro atoms. The number of benzene rings is 1. The number of hydrogen-bond acceptors (Lipinski definition) is 4. The monoisotopic (exact) mass is 344 g/mol. The van der Waals surface area contributed by atoms with Crippen molar-refractivity contribution in [1.29, 1.82) is 5.26 Å². The van der Waals surface area contributed by atoms with Crippen LogP contribution < -0.4 is 5.32 Å². The standard InChI is InChI=1S/C12H10BrFN2O2S/c13-8-3-4-11(9(14)6-8)19(17,18)12(7-15)10-2-1-5-16-10/h3-4,6,16H,1-2,5H2. The summed E-state index contributed by atoms with van der Waals surface area (Å²) in [6, 6.07) is 5.32. The molecule has 0 aromatic heterocycles. The fourth-order valence-electron chi connectivity index (χ4n) is 1.88. The van der Waals surface area contributed by atoms with Crippen LogP contribution >= 0.6 is 15.9 Å². The van der Waals surface area contributed by atoms with Crippen LogP contribution in [-0.4, -0.2) is 15.0 Å². The summed E-state index contributed by atoms with van der Waals surface area (Å²) in [7, 11) is -4.12. The first-order valence-electron chi connectivity index (χ1n) is 5.54. The summed E-state index contributed by atoms with van der Waals surface area (Å²) in [5.74, 6) is -0.874. The topological polar surface area (TPSA) is 70.0 Å². The molecular weight excluding hydrogens is 335 g/mol. The lowest BCUT2D eigenvalue weighted by molar-refractivity contribution is 0.570. The molecule has 0 bridgehead atoms. The molecule has 1 N–H and O–H groups in total. The molecule has 1 saturated heterocycles. The van der Waals surface area contributed by atoms with Crippen molar-refractivity contribution >= 4 is 25.8 Å². The van der Waals surface area contributed by atoms with Gasteiger partial charge in [-0.25, -0.2) is 12.8 Å². The van der Waals surface area contributed by atoms with E-state index in [9.17, 15) is 12.8 Å². The van der Waals surface area contributed by atoms with E-state index in [2.05, 4.69) is 21.2 Å². The molecular formula is C12H10BrFN2O2S. The van der Waals surface area contributed by atoms with Gasteiger partial charge in [0, 0.05) is 16.7 Å². The van der Waals surface area contributed by atoms with Crippen LogP contribution in [0, 0.1) is 17.1 Å². The second-order valence-electron chi connectivity index (χ2n) is 4.03. The normalized spacial score (nSPS) is 17.7. The molecule has 4 nitrogen and oxygen atoms in total. The van der Waals surface area contributed by atoms with Crippen molar-refractivity contribution in [2.75, 3.05) is 6.54 Å². The number of hydrogen-bond donors (Lipinski definition) is 1. The molecule has 1 aromatic carbocycles. The van der Waals surface area contributed by atoms with E-state index in [0.29, 0.717) is 23.1 Å². The van der Waals surface area contributed by atoms with E-state index in [0.717, 1.165) is 18.6 Å². The molecule has 1 heterocycles. The summed E-state index contributed by atoms with van der Waals surface area (Å²) in [4.78, 5) is -0.875. The summed E-state index contributed by atoms with van der Waals surface area (Å²) < 4.78 is 38.8. The van der Waals surface area contributed by atoms with Crippen molar-refractivity contribution in [3.63, 3.8) is 0 Å². The summed E-state index contributed by atoms with van der Waals surface area (Å²) in [5.41, 5.74) is 0.366. The Bertz CT molecular complexity index is 684. The van der Waals surface area contributed by atoms with Crippen LogP contribution in [0.1, 0.15) is 12.8 Å². The maximum Gasteiger partial charge on any atom is 0.221 e. The molecule has 7 heteroatoms. The summed E-state index contributed by atoms with van der Waals surface area (Å²) in [6.07, 6.45) is 1.25. The fraction of sp³-hybridized carbons (Fsp3) is 0.250. The zero-order valence-corrected chi connectivity index (χ0v) is 12.2. The van der Waals surface area contributed by atoms with Gasteiger partial charge in [-0.15, -0.1) is 0 Å². The average molecular weight is 345 g/mol. The fourth-order valence-corrected chi connectivity index (χ4v) is 3.61. The average Bonchev–Trinajstić information content (AvgIpc) is 2.82. The number of rotatable bonds is 2. The Balaban J connectivity index is 2.59. The first-order valence-corrected chi connectivity index (χ1v) is 7.81. The molecule has 2 rings (SSSR count). The zero-order chi connectivity index (χ0) is 14.0. The van der Waals surface area contributed by atoms with Crippen molar-refractivity contribution in [3.8, 4) is 6.07 Å². The molecule has 19 heavy (non-hydrogen) atoms. The Morgan fingerprint density at radius 3 is 2.74 bits per heavy atom. The molecule has 0 aliphatic carbocycles. The van der Waals surface area contributed by atoms with E-state index in [1.54, 1.807) is 6.07 Å². The molecule has 0 amide bonds. The first kappa shape index (κ1) is 14.0. The number of nitrogens with zero attached hydrogens (tertiary/aromatic N) is 1. The maximum atomic E-state index is 13.8. The first-order chi connectivity index (χ1) is 8.96. The Kier molecular flexibility index (Phi) is 3.92. The van der Waals surface area contributed by atoms with E-state index < -0.39 is 25.5 Å². The van der Waals surface area contributed by atoms with Gasteiger partial charge in [-0.3, -0.25) is 0 Å². The van der Waals surface area contributed by atoms with Crippen LogP contribution in [-0.2, 0) is 9.84 Å². The van der Waals surface area contributed by atoms with Gasteiger partial charge in [0.2, 0.25) is 9.84 Å². The van der Waals surface area contributed by atoms with Crippen molar-refractivity contribution in [2.24, 2.45) is 0 Å². The minimum atomic E-state index is -4.12. The second kappa shape index (κ2) is 5.31. The number of nitrogens with one attached hydrogen (secondary N) is 1. The number of halogens is 2. The molecule has 100 valence electrons. The highest BCUT2D eigenvalue weighted by atomic mass is 79.9. The SMILES string of the molecule is N#CC(=C1CCCN1)S(=O)(=O)c1ccc(Br)cc1F. The van der Waals surface area contributed by atoms with Crippen LogP contribution in [0.5, 0.6) is 0 Å². The van der Waals surface area contributed by atoms with Crippen molar-refractivity contribution in [2.45, 2.75) is 17.7 Å². The van der Waals surface area contributed by atoms with Gasteiger partial charge in [0.1, 0.15) is 16.8 Å². The van der Waals surface area contributed by atoms with Gasteiger partial charge in [-0.1, -0.05) is 15.9 Å². The molecule has 1 fully saturated rings. The van der Waals surface area contributed by atoms with Crippen LogP contribution in [0.2, 0.25) is 0 Å². The largest absolute Gasteiger partial charge is 0.387 e. The van der Waals surface area contributed by atoms with Crippen molar-refractivity contribution in [1.82, 2.24) is 5.32 Å². The van der Waals surface area contributed by atoms with E-state index in [1.165, 1.54) is 6.07 Å². The van der Waals surface area contributed by atoms with Gasteiger partial charge in [-0.2, -0.15) is 5.26 Å². The quantitative estimate of drug-likeness (QED) is 0.836. The summed E-state index contributed by atoms with van der Waals surface area (Å²) in [6.45, 7) is 0.624. The molecule has 1 aliphatic heterocycles. The molecule has 0 radical (unpaired) electrons. The lowest BCUT2D eigenvalue weighted by Crippen LogP contribution is -2.14. The Morgan fingerprint density at radius 2 is 2.21 bits per heavy atom. The third-order valence-electron chi connectivity index (χ3n) is 2.77.